The van der Waals surface area contributed by atoms with Crippen molar-refractivity contribution in [3.05, 3.63) is 23.2 Å². The Balaban J connectivity index is 0.00000312. The molecule has 2 rings (SSSR count). The first kappa shape index (κ1) is 22.5. The van der Waals surface area contributed by atoms with Crippen molar-refractivity contribution in [1.82, 2.24) is 4.72 Å². The van der Waals surface area contributed by atoms with Gasteiger partial charge in [-0.3, -0.25) is 0 Å². The van der Waals surface area contributed by atoms with Gasteiger partial charge in [0.05, 0.1) is 6.10 Å². The van der Waals surface area contributed by atoms with Crippen molar-refractivity contribution in [2.45, 2.75) is 49.6 Å². The van der Waals surface area contributed by atoms with Crippen molar-refractivity contribution in [3.63, 3.8) is 0 Å². The fourth-order valence-corrected chi connectivity index (χ4v) is 4.22. The Hall–Kier alpha value is -0.570. The summed E-state index contributed by atoms with van der Waals surface area (Å²) in [6.45, 7) is 4.62. The first-order valence-electron chi connectivity index (χ1n) is 8.01. The highest BCUT2D eigenvalue weighted by Gasteiger charge is 2.28. The summed E-state index contributed by atoms with van der Waals surface area (Å²) in [6.07, 6.45) is 3.04. The minimum Gasteiger partial charge on any atom is -0.489 e. The Kier molecular flexibility index (Phi) is 8.44. The Labute approximate surface area is 160 Å². The average molecular weight is 413 g/mol. The second-order valence-electron chi connectivity index (χ2n) is 6.58. The quantitative estimate of drug-likeness (QED) is 0.718. The number of nitrogens with one attached hydrogen (secondary N) is 1. The van der Waals surface area contributed by atoms with E-state index in [9.17, 15) is 8.42 Å². The number of benzene rings is 1. The van der Waals surface area contributed by atoms with Gasteiger partial charge >= 0.3 is 0 Å². The van der Waals surface area contributed by atoms with Crippen molar-refractivity contribution < 1.29 is 17.9 Å². The second kappa shape index (κ2) is 9.39. The van der Waals surface area contributed by atoms with E-state index in [1.807, 2.05) is 0 Å². The largest absolute Gasteiger partial charge is 0.489 e. The maximum Gasteiger partial charge on any atom is 0.244 e. The molecule has 1 atom stereocenters. The summed E-state index contributed by atoms with van der Waals surface area (Å²) in [6, 6.07) is 4.55. The van der Waals surface area contributed by atoms with Gasteiger partial charge in [0, 0.05) is 23.7 Å². The van der Waals surface area contributed by atoms with Crippen molar-refractivity contribution in [2.24, 2.45) is 5.73 Å². The molecular weight excluding hydrogens is 387 g/mol. The van der Waals surface area contributed by atoms with Gasteiger partial charge in [-0.05, 0) is 51.3 Å². The van der Waals surface area contributed by atoms with Crippen LogP contribution in [0.2, 0.25) is 5.02 Å². The van der Waals surface area contributed by atoms with Crippen LogP contribution >= 0.6 is 24.0 Å². The smallest absolute Gasteiger partial charge is 0.244 e. The number of sulfonamides is 1. The summed E-state index contributed by atoms with van der Waals surface area (Å²) in [4.78, 5) is 0.00679. The summed E-state index contributed by atoms with van der Waals surface area (Å²) >= 11 is 5.98. The first-order chi connectivity index (χ1) is 11.2. The van der Waals surface area contributed by atoms with Crippen LogP contribution in [-0.4, -0.2) is 39.8 Å². The Morgan fingerprint density at radius 2 is 2.12 bits per heavy atom. The van der Waals surface area contributed by atoms with Crippen LogP contribution in [-0.2, 0) is 14.8 Å². The van der Waals surface area contributed by atoms with Gasteiger partial charge < -0.3 is 15.2 Å². The lowest BCUT2D eigenvalue weighted by atomic mass is 10.1. The molecule has 0 radical (unpaired) electrons. The van der Waals surface area contributed by atoms with Gasteiger partial charge in [0.15, 0.2) is 0 Å². The van der Waals surface area contributed by atoms with E-state index in [-0.39, 0.29) is 35.7 Å². The topological polar surface area (TPSA) is 90.7 Å². The second-order valence-corrected chi connectivity index (χ2v) is 8.67. The van der Waals surface area contributed by atoms with Crippen LogP contribution in [0.1, 0.15) is 33.1 Å². The summed E-state index contributed by atoms with van der Waals surface area (Å²) < 4.78 is 39.3. The maximum absolute atomic E-state index is 12.7. The third kappa shape index (κ3) is 6.58. The van der Waals surface area contributed by atoms with Crippen molar-refractivity contribution in [3.8, 4) is 5.75 Å². The minimum atomic E-state index is -3.82. The molecule has 1 fully saturated rings. The highest BCUT2D eigenvalue weighted by atomic mass is 35.5. The Bertz CT molecular complexity index is 662. The lowest BCUT2D eigenvalue weighted by Gasteiger charge is -2.26. The molecule has 0 bridgehead atoms. The normalized spacial score (nSPS) is 18.5. The number of hydrogen-bond acceptors (Lipinski definition) is 5. The van der Waals surface area contributed by atoms with Crippen molar-refractivity contribution >= 4 is 34.0 Å². The molecule has 25 heavy (non-hydrogen) atoms. The zero-order valence-corrected chi connectivity index (χ0v) is 16.8. The van der Waals surface area contributed by atoms with Gasteiger partial charge in [-0.1, -0.05) is 11.6 Å². The zero-order chi connectivity index (χ0) is 17.8. The Morgan fingerprint density at radius 3 is 2.72 bits per heavy atom. The predicted molar refractivity (Wildman–Crippen MR) is 101 cm³/mol. The van der Waals surface area contributed by atoms with Gasteiger partial charge in [-0.25, -0.2) is 13.1 Å². The summed E-state index contributed by atoms with van der Waals surface area (Å²) in [7, 11) is -3.82. The molecule has 0 saturated carbocycles. The molecule has 0 aliphatic carbocycles. The number of hydrogen-bond donors (Lipinski definition) is 2. The molecule has 1 aliphatic rings. The first-order valence-corrected chi connectivity index (χ1v) is 9.88. The molecule has 1 unspecified atom stereocenters. The average Bonchev–Trinajstić information content (AvgIpc) is 2.54. The molecule has 1 aliphatic heterocycles. The lowest BCUT2D eigenvalue weighted by Crippen LogP contribution is -2.48. The van der Waals surface area contributed by atoms with Crippen molar-refractivity contribution in [1.29, 1.82) is 0 Å². The fraction of sp³-hybridized carbons (Fsp3) is 0.625. The van der Waals surface area contributed by atoms with E-state index in [0.29, 0.717) is 18.2 Å². The summed E-state index contributed by atoms with van der Waals surface area (Å²) in [5.41, 5.74) is 4.84. The summed E-state index contributed by atoms with van der Waals surface area (Å²) in [5.74, 6) is 0.258. The number of rotatable bonds is 7. The zero-order valence-electron chi connectivity index (χ0n) is 14.5. The van der Waals surface area contributed by atoms with Gasteiger partial charge in [-0.15, -0.1) is 12.4 Å². The van der Waals surface area contributed by atoms with Crippen LogP contribution in [0.15, 0.2) is 23.1 Å². The van der Waals surface area contributed by atoms with Crippen LogP contribution in [0.25, 0.3) is 0 Å². The van der Waals surface area contributed by atoms with Crippen LogP contribution in [0.3, 0.4) is 0 Å². The highest BCUT2D eigenvalue weighted by molar-refractivity contribution is 7.89. The number of halogens is 2. The number of ether oxygens (including phenoxy) is 2. The molecule has 1 aromatic rings. The molecule has 3 N–H and O–H groups in total. The van der Waals surface area contributed by atoms with Gasteiger partial charge in [0.2, 0.25) is 10.0 Å². The van der Waals surface area contributed by atoms with E-state index in [0.717, 1.165) is 19.3 Å². The lowest BCUT2D eigenvalue weighted by molar-refractivity contribution is -0.0116. The van der Waals surface area contributed by atoms with Gasteiger partial charge in [0.1, 0.15) is 17.3 Å². The molecule has 6 nitrogen and oxygen atoms in total. The highest BCUT2D eigenvalue weighted by Crippen LogP contribution is 2.29. The number of nitrogens with two attached hydrogens (primary N) is 1. The Morgan fingerprint density at radius 1 is 1.40 bits per heavy atom. The van der Waals surface area contributed by atoms with Gasteiger partial charge in [0.25, 0.3) is 0 Å². The SMILES string of the molecule is CC(C)(CN)NS(=O)(=O)c1cc(Cl)ccc1OCC1CCCCO1.Cl. The minimum absolute atomic E-state index is 0. The molecule has 1 aromatic carbocycles. The monoisotopic (exact) mass is 412 g/mol. The van der Waals surface area contributed by atoms with E-state index in [4.69, 9.17) is 26.8 Å². The molecular formula is C16H26Cl2N2O4S. The van der Waals surface area contributed by atoms with E-state index in [2.05, 4.69) is 4.72 Å². The summed E-state index contributed by atoms with van der Waals surface area (Å²) in [5, 5.41) is 0.321. The van der Waals surface area contributed by atoms with Gasteiger partial charge in [-0.2, -0.15) is 0 Å². The van der Waals surface area contributed by atoms with Crippen LogP contribution in [0, 0.1) is 0 Å². The third-order valence-corrected chi connectivity index (χ3v) is 5.77. The molecule has 1 heterocycles. The molecule has 0 aromatic heterocycles. The van der Waals surface area contributed by atoms with Crippen LogP contribution < -0.4 is 15.2 Å². The molecule has 0 spiro atoms. The van der Waals surface area contributed by atoms with Crippen LogP contribution in [0.4, 0.5) is 0 Å². The fourth-order valence-electron chi connectivity index (χ4n) is 2.39. The van der Waals surface area contributed by atoms with E-state index in [1.165, 1.54) is 6.07 Å². The van der Waals surface area contributed by atoms with E-state index < -0.39 is 15.6 Å². The maximum atomic E-state index is 12.7. The predicted octanol–water partition coefficient (Wildman–Crippen LogP) is 2.73. The molecule has 144 valence electrons. The molecule has 1 saturated heterocycles. The standard InChI is InChI=1S/C16H25ClN2O4S.ClH/c1-16(2,11-18)19-24(20,21)15-9-12(17)6-7-14(15)23-10-13-5-3-4-8-22-13;/h6-7,9,13,19H,3-5,8,10-11,18H2,1-2H3;1H. The third-order valence-electron chi connectivity index (χ3n) is 3.81. The molecule has 0 amide bonds. The van der Waals surface area contributed by atoms with E-state index >= 15 is 0 Å². The molecule has 9 heteroatoms. The van der Waals surface area contributed by atoms with Crippen molar-refractivity contribution in [2.75, 3.05) is 19.8 Å². The van der Waals surface area contributed by atoms with E-state index in [1.54, 1.807) is 26.0 Å². The van der Waals surface area contributed by atoms with Crippen LogP contribution in [0.5, 0.6) is 5.75 Å².